The second kappa shape index (κ2) is 4.76. The third-order valence-corrected chi connectivity index (χ3v) is 6.12. The van der Waals surface area contributed by atoms with E-state index >= 15 is 0 Å². The third kappa shape index (κ3) is 2.25. The van der Waals surface area contributed by atoms with Crippen LogP contribution >= 0.6 is 0 Å². The highest BCUT2D eigenvalue weighted by Gasteiger charge is 2.35. The SMILES string of the molecule is [SiH3]O[SiH]CC(C1CCC1)C1CCC1. The fourth-order valence-electron chi connectivity index (χ4n) is 2.71. The zero-order valence-electron chi connectivity index (χ0n) is 8.67. The molecule has 2 saturated carbocycles. The van der Waals surface area contributed by atoms with Crippen molar-refractivity contribution in [3.05, 3.63) is 0 Å². The molecule has 3 heteroatoms. The predicted molar refractivity (Wildman–Crippen MR) is 61.2 cm³/mol. The van der Waals surface area contributed by atoms with Gasteiger partial charge in [0.1, 0.15) is 10.5 Å². The summed E-state index contributed by atoms with van der Waals surface area (Å²) in [4.78, 5) is 0. The molecule has 0 bridgehead atoms. The summed E-state index contributed by atoms with van der Waals surface area (Å²) >= 11 is 0. The molecule has 0 aromatic rings. The summed E-state index contributed by atoms with van der Waals surface area (Å²) in [7, 11) is 1.32. The molecule has 0 N–H and O–H groups in total. The predicted octanol–water partition coefficient (Wildman–Crippen LogP) is 1.27. The highest BCUT2D eigenvalue weighted by molar-refractivity contribution is 6.34. The van der Waals surface area contributed by atoms with E-state index in [9.17, 15) is 0 Å². The van der Waals surface area contributed by atoms with Gasteiger partial charge in [-0.1, -0.05) is 38.5 Å². The normalized spacial score (nSPS) is 24.7. The summed E-state index contributed by atoms with van der Waals surface area (Å²) in [5.74, 6) is 3.29. The van der Waals surface area contributed by atoms with Crippen LogP contribution in [0.5, 0.6) is 0 Å². The number of rotatable bonds is 5. The van der Waals surface area contributed by atoms with Gasteiger partial charge < -0.3 is 4.12 Å². The van der Waals surface area contributed by atoms with Crippen molar-refractivity contribution in [1.82, 2.24) is 0 Å². The van der Waals surface area contributed by atoms with E-state index in [2.05, 4.69) is 0 Å². The Morgan fingerprint density at radius 2 is 1.69 bits per heavy atom. The Morgan fingerprint density at radius 1 is 1.15 bits per heavy atom. The van der Waals surface area contributed by atoms with Crippen molar-refractivity contribution in [1.29, 1.82) is 0 Å². The topological polar surface area (TPSA) is 9.23 Å². The van der Waals surface area contributed by atoms with Gasteiger partial charge in [-0.3, -0.25) is 0 Å². The van der Waals surface area contributed by atoms with Crippen LogP contribution in [-0.2, 0) is 4.12 Å². The minimum absolute atomic E-state index is 0.358. The molecular weight excluding hydrogens is 192 g/mol. The van der Waals surface area contributed by atoms with Crippen molar-refractivity contribution in [2.24, 2.45) is 17.8 Å². The molecule has 0 heterocycles. The van der Waals surface area contributed by atoms with Gasteiger partial charge >= 0.3 is 0 Å². The monoisotopic (exact) mass is 213 g/mol. The Morgan fingerprint density at radius 3 is 2.00 bits per heavy atom. The first-order chi connectivity index (χ1) is 6.42. The number of hydrogen-bond acceptors (Lipinski definition) is 1. The van der Waals surface area contributed by atoms with Crippen LogP contribution < -0.4 is 0 Å². The van der Waals surface area contributed by atoms with Crippen LogP contribution in [-0.4, -0.2) is 20.2 Å². The Hall–Kier alpha value is 0.394. The van der Waals surface area contributed by atoms with Crippen LogP contribution in [0.25, 0.3) is 0 Å². The molecule has 13 heavy (non-hydrogen) atoms. The molecule has 1 nitrogen and oxygen atoms in total. The van der Waals surface area contributed by atoms with Crippen molar-refractivity contribution in [2.45, 2.75) is 44.6 Å². The fraction of sp³-hybridized carbons (Fsp3) is 1.00. The lowest BCUT2D eigenvalue weighted by Crippen LogP contribution is -2.33. The second-order valence-electron chi connectivity index (χ2n) is 4.68. The van der Waals surface area contributed by atoms with Crippen molar-refractivity contribution in [3.63, 3.8) is 0 Å². The average Bonchev–Trinajstić information content (AvgIpc) is 1.93. The summed E-state index contributed by atoms with van der Waals surface area (Å²) in [6.07, 6.45) is 9.13. The van der Waals surface area contributed by atoms with Crippen LogP contribution in [0.15, 0.2) is 0 Å². The van der Waals surface area contributed by atoms with Gasteiger partial charge in [0.2, 0.25) is 0 Å². The van der Waals surface area contributed by atoms with Crippen molar-refractivity contribution in [3.8, 4) is 0 Å². The minimum atomic E-state index is 0.358. The van der Waals surface area contributed by atoms with Gasteiger partial charge in [-0.15, -0.1) is 0 Å². The molecule has 75 valence electrons. The van der Waals surface area contributed by atoms with E-state index in [0.29, 0.717) is 9.76 Å². The Kier molecular flexibility index (Phi) is 3.63. The fourth-order valence-corrected chi connectivity index (χ4v) is 4.47. The quantitative estimate of drug-likeness (QED) is 0.625. The highest BCUT2D eigenvalue weighted by Crippen LogP contribution is 2.46. The van der Waals surface area contributed by atoms with Gasteiger partial charge in [0.25, 0.3) is 0 Å². The standard InChI is InChI=1S/C10H21OSi2/c12-11-13-7-10(8-3-1-4-8)9-5-2-6-9/h8-10,13H,1-7H2,12H3. The lowest BCUT2D eigenvalue weighted by Gasteiger charge is -2.42. The zero-order valence-corrected chi connectivity index (χ0v) is 11.8. The maximum atomic E-state index is 5.43. The van der Waals surface area contributed by atoms with E-state index in [4.69, 9.17) is 4.12 Å². The van der Waals surface area contributed by atoms with Gasteiger partial charge in [0.15, 0.2) is 9.76 Å². The van der Waals surface area contributed by atoms with E-state index < -0.39 is 0 Å². The summed E-state index contributed by atoms with van der Waals surface area (Å²) < 4.78 is 5.43. The molecule has 0 aromatic heterocycles. The first-order valence-corrected chi connectivity index (χ1v) is 7.86. The van der Waals surface area contributed by atoms with Crippen molar-refractivity contribution < 1.29 is 4.12 Å². The molecule has 0 aromatic carbocycles. The lowest BCUT2D eigenvalue weighted by atomic mass is 9.65. The van der Waals surface area contributed by atoms with Crippen LogP contribution in [0.1, 0.15) is 38.5 Å². The van der Waals surface area contributed by atoms with Crippen molar-refractivity contribution in [2.75, 3.05) is 0 Å². The van der Waals surface area contributed by atoms with Crippen molar-refractivity contribution >= 4 is 20.2 Å². The van der Waals surface area contributed by atoms with E-state index in [0.717, 1.165) is 28.2 Å². The van der Waals surface area contributed by atoms with Crippen LogP contribution in [0.3, 0.4) is 0 Å². The molecule has 2 aliphatic carbocycles. The lowest BCUT2D eigenvalue weighted by molar-refractivity contribution is 0.106. The Balaban J connectivity index is 1.78. The van der Waals surface area contributed by atoms with Gasteiger partial charge in [-0.05, 0) is 23.8 Å². The summed E-state index contributed by atoms with van der Waals surface area (Å²) in [5, 5.41) is 0. The van der Waals surface area contributed by atoms with Crippen LogP contribution in [0.2, 0.25) is 6.04 Å². The minimum Gasteiger partial charge on any atom is -0.466 e. The van der Waals surface area contributed by atoms with Crippen LogP contribution in [0, 0.1) is 17.8 Å². The first-order valence-electron chi connectivity index (χ1n) is 5.76. The molecule has 2 rings (SSSR count). The molecule has 0 amide bonds. The molecule has 0 saturated heterocycles. The van der Waals surface area contributed by atoms with E-state index in [1.54, 1.807) is 0 Å². The summed E-state index contributed by atoms with van der Waals surface area (Å²) in [5.41, 5.74) is 0. The van der Waals surface area contributed by atoms with Gasteiger partial charge in [-0.2, -0.15) is 0 Å². The Labute approximate surface area is 87.1 Å². The summed E-state index contributed by atoms with van der Waals surface area (Å²) in [6, 6.07) is 1.44. The first kappa shape index (κ1) is 9.93. The average molecular weight is 213 g/mol. The smallest absolute Gasteiger partial charge is 0.177 e. The van der Waals surface area contributed by atoms with Gasteiger partial charge in [0, 0.05) is 0 Å². The van der Waals surface area contributed by atoms with E-state index in [-0.39, 0.29) is 0 Å². The number of hydrogen-bond donors (Lipinski definition) is 0. The summed E-state index contributed by atoms with van der Waals surface area (Å²) in [6.45, 7) is 0. The van der Waals surface area contributed by atoms with Gasteiger partial charge in [-0.25, -0.2) is 0 Å². The molecule has 0 aliphatic heterocycles. The zero-order chi connectivity index (χ0) is 9.10. The molecule has 2 aliphatic rings. The van der Waals surface area contributed by atoms with Gasteiger partial charge in [0.05, 0.1) is 0 Å². The molecular formula is C10H21OSi2. The molecule has 2 fully saturated rings. The van der Waals surface area contributed by atoms with E-state index in [1.807, 2.05) is 0 Å². The largest absolute Gasteiger partial charge is 0.466 e. The maximum Gasteiger partial charge on any atom is 0.177 e. The molecule has 1 radical (unpaired) electrons. The third-order valence-electron chi connectivity index (χ3n) is 4.05. The Bertz CT molecular complexity index is 141. The molecule has 0 spiro atoms. The molecule has 0 atom stereocenters. The van der Waals surface area contributed by atoms with Crippen LogP contribution in [0.4, 0.5) is 0 Å². The van der Waals surface area contributed by atoms with E-state index in [1.165, 1.54) is 44.6 Å². The maximum absolute atomic E-state index is 5.43. The highest BCUT2D eigenvalue weighted by atomic mass is 28.3. The molecule has 0 unspecified atom stereocenters. The second-order valence-corrected chi connectivity index (χ2v) is 7.37.